The molecule has 4 heterocycles. The van der Waals surface area contributed by atoms with Crippen LogP contribution in [0.25, 0.3) is 98.4 Å². The van der Waals surface area contributed by atoms with E-state index in [1.165, 1.54) is 9.80 Å². The average molecular weight is 1050 g/mol. The average Bonchev–Trinajstić information content (AvgIpc) is 1.49. The van der Waals surface area contributed by atoms with E-state index in [0.717, 1.165) is 64.8 Å². The normalized spacial score (nSPS) is 15.7. The van der Waals surface area contributed by atoms with E-state index in [-0.39, 0.29) is 46.0 Å². The fourth-order valence-electron chi connectivity index (χ4n) is 11.9. The van der Waals surface area contributed by atoms with Crippen LogP contribution in [-0.2, 0) is 0 Å². The number of aromatic nitrogens is 2. The first kappa shape index (κ1) is 31.3. The molecule has 0 fully saturated rings. The van der Waals surface area contributed by atoms with Crippen LogP contribution in [0.2, 0.25) is 39.3 Å². The largest absolute Gasteiger partial charge is 0.309 e. The smallest absolute Gasteiger partial charge is 0.0776 e. The van der Waals surface area contributed by atoms with E-state index in [4.69, 9.17) is 11.0 Å². The van der Waals surface area contributed by atoms with Gasteiger partial charge < -0.3 is 18.6 Å². The molecule has 0 saturated carbocycles. The molecule has 0 bridgehead atoms. The molecule has 0 aliphatic rings. The molecule has 0 aliphatic heterocycles. The molecule has 0 N–H and O–H groups in total. The zero-order valence-corrected chi connectivity index (χ0v) is 45.5. The first-order valence-electron chi connectivity index (χ1n) is 35.0. The maximum absolute atomic E-state index is 9.85. The molecule has 15 rings (SSSR count). The van der Waals surface area contributed by atoms with Gasteiger partial charge in [-0.25, -0.2) is 0 Å². The van der Waals surface area contributed by atoms with Crippen molar-refractivity contribution in [3.63, 3.8) is 0 Å². The van der Waals surface area contributed by atoms with Gasteiger partial charge in [0.05, 0.1) is 96.7 Å². The molecule has 0 amide bonds. The quantitative estimate of drug-likeness (QED) is 0.127. The molecule has 0 aliphatic carbocycles. The number of benzene rings is 11. The van der Waals surface area contributed by atoms with Crippen molar-refractivity contribution in [3.8, 4) is 22.3 Å². The lowest BCUT2D eigenvalue weighted by atomic mass is 9.99. The Balaban J connectivity index is 1.11. The van der Waals surface area contributed by atoms with Crippen LogP contribution in [0.5, 0.6) is 0 Å². The molecule has 0 unspecified atom stereocenters. The van der Waals surface area contributed by atoms with Gasteiger partial charge >= 0.3 is 0 Å². The van der Waals surface area contributed by atoms with Gasteiger partial charge in [-0.3, -0.25) is 0 Å². The standard InChI is InChI=1S/C72H58N4Si2/c1-77(2,3)51-35-39-63-59(43-51)69-65(73(49-27-15-9-16-28-49)61-33-21-19-31-53(61)47-23-11-7-12-24-47)41-37-55-57-46-68-58(45-67(57)75(63)71(55)69)56-38-42-66(70-60-44-52(78(4,5)6)36-40-64(60)76(68)72(56)70)74(50-29-17-10-18-30-50)62-34-22-20-32-54(62)48-25-13-8-14-26-48/h7-46H,1-6H3/i9D,10D,15D,16D,17D,18D,19D,20D,21D,22D,27D,28D,29D,30D,31D,32D,33D,34D. The summed E-state index contributed by atoms with van der Waals surface area (Å²) >= 11 is 0. The Morgan fingerprint density at radius 2 is 0.718 bits per heavy atom. The lowest BCUT2D eigenvalue weighted by Crippen LogP contribution is -2.37. The Labute approximate surface area is 482 Å². The van der Waals surface area contributed by atoms with Crippen LogP contribution in [-0.4, -0.2) is 24.9 Å². The maximum atomic E-state index is 9.85. The molecular weight excluding hydrogens is 977 g/mol. The summed E-state index contributed by atoms with van der Waals surface area (Å²) < 4.78 is 172. The Morgan fingerprint density at radius 1 is 0.333 bits per heavy atom. The van der Waals surface area contributed by atoms with Gasteiger partial charge in [-0.05, 0) is 83.8 Å². The van der Waals surface area contributed by atoms with Crippen molar-refractivity contribution in [1.29, 1.82) is 0 Å². The molecule has 0 radical (unpaired) electrons. The number of hydrogen-bond acceptors (Lipinski definition) is 2. The van der Waals surface area contributed by atoms with Crippen molar-refractivity contribution >= 4 is 137 Å². The number of hydrogen-bond donors (Lipinski definition) is 0. The Kier molecular flexibility index (Phi) is 6.94. The van der Waals surface area contributed by atoms with E-state index in [2.05, 4.69) is 96.6 Å². The van der Waals surface area contributed by atoms with E-state index >= 15 is 0 Å². The van der Waals surface area contributed by atoms with Crippen LogP contribution in [0.15, 0.2) is 242 Å². The summed E-state index contributed by atoms with van der Waals surface area (Å²) in [5, 5.41) is 7.99. The van der Waals surface area contributed by atoms with E-state index in [1.807, 2.05) is 12.1 Å². The minimum atomic E-state index is -2.14. The third-order valence-corrected chi connectivity index (χ3v) is 19.6. The van der Waals surface area contributed by atoms with Crippen molar-refractivity contribution in [2.45, 2.75) is 39.3 Å². The van der Waals surface area contributed by atoms with E-state index in [9.17, 15) is 13.7 Å². The third-order valence-electron chi connectivity index (χ3n) is 15.5. The van der Waals surface area contributed by atoms with Crippen LogP contribution >= 0.6 is 0 Å². The zero-order valence-electron chi connectivity index (χ0n) is 61.5. The van der Waals surface area contributed by atoms with E-state index in [0.29, 0.717) is 44.3 Å². The van der Waals surface area contributed by atoms with Crippen LogP contribution in [0.1, 0.15) is 24.7 Å². The number of para-hydroxylation sites is 4. The predicted molar refractivity (Wildman–Crippen MR) is 342 cm³/mol. The number of fused-ring (bicyclic) bond motifs is 12. The number of nitrogens with zero attached hydrogens (tertiary/aromatic N) is 4. The summed E-state index contributed by atoms with van der Waals surface area (Å²) in [6, 6.07) is 31.6. The van der Waals surface area contributed by atoms with Gasteiger partial charge in [0.1, 0.15) is 0 Å². The molecule has 78 heavy (non-hydrogen) atoms. The predicted octanol–water partition coefficient (Wildman–Crippen LogP) is 19.4. The van der Waals surface area contributed by atoms with E-state index < -0.39 is 113 Å². The minimum absolute atomic E-state index is 0.0528. The lowest BCUT2D eigenvalue weighted by Gasteiger charge is -2.29. The third kappa shape index (κ3) is 6.96. The van der Waals surface area contributed by atoms with Crippen molar-refractivity contribution in [2.75, 3.05) is 9.80 Å². The Morgan fingerprint density at radius 3 is 1.12 bits per heavy atom. The van der Waals surface area contributed by atoms with Gasteiger partial charge in [-0.1, -0.05) is 219 Å². The second kappa shape index (κ2) is 17.3. The fourth-order valence-corrected chi connectivity index (χ4v) is 14.2. The van der Waals surface area contributed by atoms with Gasteiger partial charge in [0.25, 0.3) is 0 Å². The van der Waals surface area contributed by atoms with Crippen molar-refractivity contribution in [1.82, 2.24) is 8.80 Å². The first-order chi connectivity index (χ1) is 45.5. The SMILES string of the molecule is [2H]c1c([2H])c([2H])c(N(c2c([2H])c([2H])c([2H])c([2H])c2-c2ccccc2)c2ccc3c4cc5c(cc4n4c6ccc([Si](C)(C)C)cc6c2c34)c2ccc(N(c3c([2H])c([2H])c([2H])c([2H])c3[2H])c3c([2H])c([2H])c([2H])c([2H])c3-c3ccccc3)c3c4cc([Si](C)(C)C)ccc4n5c23)c([2H])c1[2H]. The lowest BCUT2D eigenvalue weighted by molar-refractivity contribution is 1.30. The maximum Gasteiger partial charge on any atom is 0.0776 e. The molecule has 4 aromatic heterocycles. The summed E-state index contributed by atoms with van der Waals surface area (Å²) in [5.41, 5.74) is 5.07. The molecule has 6 heteroatoms. The number of rotatable bonds is 10. The van der Waals surface area contributed by atoms with Crippen molar-refractivity contribution in [2.24, 2.45) is 0 Å². The molecular formula is C72H58N4Si2. The second-order valence-corrected chi connectivity index (χ2v) is 32.2. The van der Waals surface area contributed by atoms with Gasteiger partial charge in [0.15, 0.2) is 0 Å². The molecule has 4 nitrogen and oxygen atoms in total. The summed E-state index contributed by atoms with van der Waals surface area (Å²) in [6.45, 7) is 13.4. The van der Waals surface area contributed by atoms with Gasteiger partial charge in [-0.2, -0.15) is 0 Å². The Bertz CT molecular complexity index is 5500. The summed E-state index contributed by atoms with van der Waals surface area (Å²) in [4.78, 5) is 2.88. The van der Waals surface area contributed by atoms with Gasteiger partial charge in [-0.15, -0.1) is 0 Å². The van der Waals surface area contributed by atoms with Gasteiger partial charge in [0, 0.05) is 65.6 Å². The highest BCUT2D eigenvalue weighted by atomic mass is 28.3. The molecule has 0 saturated heterocycles. The monoisotopic (exact) mass is 1050 g/mol. The van der Waals surface area contributed by atoms with Gasteiger partial charge in [0.2, 0.25) is 0 Å². The minimum Gasteiger partial charge on any atom is -0.309 e. The molecule has 374 valence electrons. The van der Waals surface area contributed by atoms with E-state index in [1.54, 1.807) is 72.8 Å². The number of anilines is 6. The molecule has 11 aromatic carbocycles. The van der Waals surface area contributed by atoms with Crippen molar-refractivity contribution in [3.05, 3.63) is 242 Å². The second-order valence-electron chi connectivity index (χ2n) is 22.0. The highest BCUT2D eigenvalue weighted by Gasteiger charge is 2.31. The highest BCUT2D eigenvalue weighted by Crippen LogP contribution is 2.53. The van der Waals surface area contributed by atoms with Crippen LogP contribution in [0, 0.1) is 0 Å². The van der Waals surface area contributed by atoms with Crippen molar-refractivity contribution < 1.29 is 24.7 Å². The summed E-state index contributed by atoms with van der Waals surface area (Å²) in [6.07, 6.45) is 0. The first-order valence-corrected chi connectivity index (χ1v) is 33.0. The fraction of sp³-hybridized carbons (Fsp3) is 0.0833. The highest BCUT2D eigenvalue weighted by molar-refractivity contribution is 6.89. The molecule has 0 spiro atoms. The summed E-state index contributed by atoms with van der Waals surface area (Å²) in [5.74, 6) is 0. The van der Waals surface area contributed by atoms with Crippen LogP contribution < -0.4 is 20.2 Å². The zero-order chi connectivity index (χ0) is 68.3. The molecule has 0 atom stereocenters. The topological polar surface area (TPSA) is 15.3 Å². The van der Waals surface area contributed by atoms with Crippen LogP contribution in [0.4, 0.5) is 34.1 Å². The summed E-state index contributed by atoms with van der Waals surface area (Å²) in [7, 11) is -4.29. The Hall–Kier alpha value is -8.95. The molecule has 15 aromatic rings. The van der Waals surface area contributed by atoms with Crippen LogP contribution in [0.3, 0.4) is 0 Å².